The van der Waals surface area contributed by atoms with Crippen LogP contribution in [0.25, 0.3) is 0 Å². The average molecular weight is 333 g/mol. The van der Waals surface area contributed by atoms with Crippen LogP contribution in [0.15, 0.2) is 24.3 Å². The highest BCUT2D eigenvalue weighted by Gasteiger charge is 2.33. The Bertz CT molecular complexity index is 596. The van der Waals surface area contributed by atoms with E-state index in [0.29, 0.717) is 30.6 Å². The van der Waals surface area contributed by atoms with E-state index in [1.54, 1.807) is 31.4 Å². The molecule has 2 atom stereocenters. The van der Waals surface area contributed by atoms with Crippen molar-refractivity contribution in [2.24, 2.45) is 5.92 Å². The van der Waals surface area contributed by atoms with Gasteiger partial charge in [0.2, 0.25) is 5.91 Å². The number of ketones is 1. The summed E-state index contributed by atoms with van der Waals surface area (Å²) in [6.45, 7) is 0. The topological polar surface area (TPSA) is 92.7 Å². The summed E-state index contributed by atoms with van der Waals surface area (Å²) in [5, 5.41) is 11.9. The van der Waals surface area contributed by atoms with E-state index in [1.807, 2.05) is 0 Å². The number of nitrogens with one attached hydrogen (secondary N) is 1. The van der Waals surface area contributed by atoms with Gasteiger partial charge in [0.15, 0.2) is 5.78 Å². The standard InChI is InChI=1S/C18H23NO5/c1-24-13-10-8-12(9-11-13)16(20)6-3-7-17(21)19-15-5-2-4-14(15)18(22)23/h8-11,14-15H,2-7H2,1H3,(H,19,21)(H,22,23)/t14-,15+/m0/s1. The number of rotatable bonds is 8. The smallest absolute Gasteiger partial charge is 0.308 e. The molecule has 1 aromatic carbocycles. The summed E-state index contributed by atoms with van der Waals surface area (Å²) >= 11 is 0. The van der Waals surface area contributed by atoms with Crippen LogP contribution < -0.4 is 10.1 Å². The monoisotopic (exact) mass is 333 g/mol. The molecule has 0 unspecified atom stereocenters. The Balaban J connectivity index is 1.73. The number of hydrogen-bond donors (Lipinski definition) is 2. The SMILES string of the molecule is COc1ccc(C(=O)CCCC(=O)N[C@@H]2CCC[C@@H]2C(=O)O)cc1. The van der Waals surface area contributed by atoms with E-state index in [-0.39, 0.29) is 30.6 Å². The third-order valence-electron chi connectivity index (χ3n) is 4.40. The second-order valence-electron chi connectivity index (χ2n) is 6.05. The Hall–Kier alpha value is -2.37. The Labute approximate surface area is 141 Å². The molecule has 2 rings (SSSR count). The minimum absolute atomic E-state index is 0.0188. The molecule has 0 bridgehead atoms. The first kappa shape index (κ1) is 18.0. The van der Waals surface area contributed by atoms with E-state index in [2.05, 4.69) is 5.32 Å². The molecule has 1 aromatic rings. The number of aliphatic carboxylic acids is 1. The lowest BCUT2D eigenvalue weighted by molar-refractivity contribution is -0.142. The van der Waals surface area contributed by atoms with Crippen molar-refractivity contribution in [3.05, 3.63) is 29.8 Å². The molecule has 24 heavy (non-hydrogen) atoms. The second-order valence-corrected chi connectivity index (χ2v) is 6.05. The van der Waals surface area contributed by atoms with Gasteiger partial charge in [-0.3, -0.25) is 14.4 Å². The van der Waals surface area contributed by atoms with Gasteiger partial charge in [-0.05, 0) is 43.5 Å². The van der Waals surface area contributed by atoms with E-state index in [0.717, 1.165) is 6.42 Å². The molecule has 0 heterocycles. The molecule has 0 saturated heterocycles. The molecule has 0 spiro atoms. The molecular formula is C18H23NO5. The Morgan fingerprint density at radius 1 is 1.17 bits per heavy atom. The molecule has 0 aliphatic heterocycles. The fraction of sp³-hybridized carbons (Fsp3) is 0.500. The first-order valence-corrected chi connectivity index (χ1v) is 8.20. The van der Waals surface area contributed by atoms with Gasteiger partial charge < -0.3 is 15.2 Å². The van der Waals surface area contributed by atoms with E-state index >= 15 is 0 Å². The molecule has 2 N–H and O–H groups in total. The van der Waals surface area contributed by atoms with Crippen molar-refractivity contribution in [2.45, 2.75) is 44.6 Å². The molecule has 6 nitrogen and oxygen atoms in total. The third-order valence-corrected chi connectivity index (χ3v) is 4.40. The Kier molecular flexibility index (Phi) is 6.35. The van der Waals surface area contributed by atoms with Crippen LogP contribution in [0, 0.1) is 5.92 Å². The van der Waals surface area contributed by atoms with Crippen LogP contribution in [0.4, 0.5) is 0 Å². The first-order valence-electron chi connectivity index (χ1n) is 8.20. The second kappa shape index (κ2) is 8.47. The largest absolute Gasteiger partial charge is 0.497 e. The van der Waals surface area contributed by atoms with Crippen molar-refractivity contribution in [1.29, 1.82) is 0 Å². The van der Waals surface area contributed by atoms with Gasteiger partial charge in [0.25, 0.3) is 0 Å². The molecule has 0 aromatic heterocycles. The van der Waals surface area contributed by atoms with E-state index in [9.17, 15) is 14.4 Å². The number of carboxylic acid groups (broad SMARTS) is 1. The van der Waals surface area contributed by atoms with Crippen LogP contribution in [0.1, 0.15) is 48.9 Å². The van der Waals surface area contributed by atoms with Crippen molar-refractivity contribution < 1.29 is 24.2 Å². The zero-order valence-corrected chi connectivity index (χ0v) is 13.8. The first-order chi connectivity index (χ1) is 11.5. The zero-order valence-electron chi connectivity index (χ0n) is 13.8. The Morgan fingerprint density at radius 2 is 1.88 bits per heavy atom. The van der Waals surface area contributed by atoms with Crippen molar-refractivity contribution in [3.63, 3.8) is 0 Å². The number of carbonyl (C=O) groups excluding carboxylic acids is 2. The predicted molar refractivity (Wildman–Crippen MR) is 88.1 cm³/mol. The van der Waals surface area contributed by atoms with Gasteiger partial charge in [0.1, 0.15) is 5.75 Å². The van der Waals surface area contributed by atoms with Crippen LogP contribution in [0.2, 0.25) is 0 Å². The quantitative estimate of drug-likeness (QED) is 0.713. The Morgan fingerprint density at radius 3 is 2.50 bits per heavy atom. The molecular weight excluding hydrogens is 310 g/mol. The lowest BCUT2D eigenvalue weighted by Gasteiger charge is -2.17. The van der Waals surface area contributed by atoms with Gasteiger partial charge in [0.05, 0.1) is 13.0 Å². The molecule has 0 radical (unpaired) electrons. The number of benzene rings is 1. The highest BCUT2D eigenvalue weighted by atomic mass is 16.5. The number of hydrogen-bond acceptors (Lipinski definition) is 4. The molecule has 1 amide bonds. The molecule has 1 aliphatic carbocycles. The number of Topliss-reactive ketones (excluding diaryl/α,β-unsaturated/α-hetero) is 1. The minimum Gasteiger partial charge on any atom is -0.497 e. The van der Waals surface area contributed by atoms with Crippen LogP contribution in [-0.2, 0) is 9.59 Å². The summed E-state index contributed by atoms with van der Waals surface area (Å²) in [4.78, 5) is 35.1. The number of amides is 1. The summed E-state index contributed by atoms with van der Waals surface area (Å²) in [5.74, 6) is -0.858. The van der Waals surface area contributed by atoms with Gasteiger partial charge in [-0.15, -0.1) is 0 Å². The van der Waals surface area contributed by atoms with Gasteiger partial charge in [-0.25, -0.2) is 0 Å². The highest BCUT2D eigenvalue weighted by Crippen LogP contribution is 2.26. The van der Waals surface area contributed by atoms with Crippen LogP contribution in [0.5, 0.6) is 5.75 Å². The molecule has 130 valence electrons. The maximum atomic E-state index is 12.1. The summed E-state index contributed by atoms with van der Waals surface area (Å²) in [7, 11) is 1.56. The minimum atomic E-state index is -0.854. The zero-order chi connectivity index (χ0) is 17.5. The number of methoxy groups -OCH3 is 1. The van der Waals surface area contributed by atoms with Gasteiger partial charge in [0, 0.05) is 24.4 Å². The lowest BCUT2D eigenvalue weighted by Crippen LogP contribution is -2.40. The highest BCUT2D eigenvalue weighted by molar-refractivity contribution is 5.96. The van der Waals surface area contributed by atoms with Crippen molar-refractivity contribution >= 4 is 17.7 Å². The summed E-state index contributed by atoms with van der Waals surface area (Å²) in [5.41, 5.74) is 0.595. The van der Waals surface area contributed by atoms with E-state index < -0.39 is 11.9 Å². The predicted octanol–water partition coefficient (Wildman–Crippen LogP) is 2.42. The maximum absolute atomic E-state index is 12.1. The fourth-order valence-electron chi connectivity index (χ4n) is 3.04. The normalized spacial score (nSPS) is 19.7. The molecule has 1 aliphatic rings. The lowest BCUT2D eigenvalue weighted by atomic mass is 10.0. The fourth-order valence-corrected chi connectivity index (χ4v) is 3.04. The van der Waals surface area contributed by atoms with Gasteiger partial charge in [-0.1, -0.05) is 6.42 Å². The molecule has 1 fully saturated rings. The molecule has 6 heteroatoms. The number of carbonyl (C=O) groups is 3. The summed E-state index contributed by atoms with van der Waals surface area (Å²) in [6.07, 6.45) is 3.08. The average Bonchev–Trinajstić information content (AvgIpc) is 3.03. The van der Waals surface area contributed by atoms with E-state index in [1.165, 1.54) is 0 Å². The van der Waals surface area contributed by atoms with Crippen molar-refractivity contribution in [3.8, 4) is 5.75 Å². The third kappa shape index (κ3) is 4.81. The number of carboxylic acids is 1. The van der Waals surface area contributed by atoms with Crippen molar-refractivity contribution in [2.75, 3.05) is 7.11 Å². The van der Waals surface area contributed by atoms with Gasteiger partial charge >= 0.3 is 5.97 Å². The molecule has 1 saturated carbocycles. The number of ether oxygens (including phenoxy) is 1. The summed E-state index contributed by atoms with van der Waals surface area (Å²) < 4.78 is 5.04. The van der Waals surface area contributed by atoms with Gasteiger partial charge in [-0.2, -0.15) is 0 Å². The van der Waals surface area contributed by atoms with Crippen molar-refractivity contribution in [1.82, 2.24) is 5.32 Å². The maximum Gasteiger partial charge on any atom is 0.308 e. The van der Waals surface area contributed by atoms with Crippen LogP contribution in [-0.4, -0.2) is 35.9 Å². The van der Waals surface area contributed by atoms with Crippen LogP contribution >= 0.6 is 0 Å². The van der Waals surface area contributed by atoms with E-state index in [4.69, 9.17) is 9.84 Å². The van der Waals surface area contributed by atoms with Crippen LogP contribution in [0.3, 0.4) is 0 Å². The summed E-state index contributed by atoms with van der Waals surface area (Å²) in [6, 6.07) is 6.58.